The van der Waals surface area contributed by atoms with Gasteiger partial charge < -0.3 is 10.6 Å². The summed E-state index contributed by atoms with van der Waals surface area (Å²) >= 11 is 6.27. The van der Waals surface area contributed by atoms with Gasteiger partial charge in [-0.15, -0.1) is 10.2 Å². The van der Waals surface area contributed by atoms with E-state index in [4.69, 9.17) is 11.6 Å². The molecule has 4 rings (SSSR count). The fraction of sp³-hybridized carbons (Fsp3) is 0.333. The van der Waals surface area contributed by atoms with Gasteiger partial charge in [-0.3, -0.25) is 9.59 Å². The third-order valence-electron chi connectivity index (χ3n) is 5.88. The number of aromatic nitrogens is 6. The van der Waals surface area contributed by atoms with E-state index < -0.39 is 47.6 Å². The van der Waals surface area contributed by atoms with Crippen molar-refractivity contribution in [1.29, 1.82) is 0 Å². The Morgan fingerprint density at radius 3 is 2.07 bits per heavy atom. The molecule has 3 aromatic heterocycles. The Kier molecular flexibility index (Phi) is 8.52. The molecule has 2 N–H and O–H groups in total. The summed E-state index contributed by atoms with van der Waals surface area (Å²) in [6, 6.07) is 7.37. The van der Waals surface area contributed by atoms with Crippen LogP contribution in [0.2, 0.25) is 5.02 Å². The lowest BCUT2D eigenvalue weighted by Crippen LogP contribution is -2.41. The van der Waals surface area contributed by atoms with Crippen LogP contribution in [0.25, 0.3) is 5.82 Å². The van der Waals surface area contributed by atoms with E-state index in [1.807, 2.05) is 0 Å². The summed E-state index contributed by atoms with van der Waals surface area (Å²) in [5, 5.41) is 15.7. The summed E-state index contributed by atoms with van der Waals surface area (Å²) in [5.41, 5.74) is -3.86. The van der Waals surface area contributed by atoms with Crippen molar-refractivity contribution < 1.29 is 35.9 Å². The molecule has 0 radical (unpaired) electrons. The summed E-state index contributed by atoms with van der Waals surface area (Å²) in [6.45, 7) is 8.02. The number of carbonyl (C=O) groups excluding carboxylic acids is 2. The normalized spacial score (nSPS) is 12.4. The number of anilines is 1. The highest BCUT2D eigenvalue weighted by atomic mass is 35.5. The quantitative estimate of drug-likeness (QED) is 0.249. The van der Waals surface area contributed by atoms with E-state index in [1.54, 1.807) is 46.8 Å². The molecule has 0 aliphatic carbocycles. The summed E-state index contributed by atoms with van der Waals surface area (Å²) in [5.74, 6) is -1.35. The molecule has 0 spiro atoms. The lowest BCUT2D eigenvalue weighted by molar-refractivity contribution is -0.165. The number of benzene rings is 1. The summed E-state index contributed by atoms with van der Waals surface area (Å²) in [7, 11) is 0. The van der Waals surface area contributed by atoms with Gasteiger partial charge in [-0.1, -0.05) is 17.7 Å². The zero-order chi connectivity index (χ0) is 32.8. The minimum Gasteiger partial charge on any atom is -0.347 e. The van der Waals surface area contributed by atoms with Crippen LogP contribution in [0.5, 0.6) is 0 Å². The summed E-state index contributed by atoms with van der Waals surface area (Å²) in [6.07, 6.45) is -9.53. The fourth-order valence-electron chi connectivity index (χ4n) is 4.21. The van der Waals surface area contributed by atoms with Crippen molar-refractivity contribution >= 4 is 29.1 Å². The number of rotatable bonds is 6. The molecule has 0 saturated carbocycles. The zero-order valence-electron chi connectivity index (χ0n) is 23.8. The van der Waals surface area contributed by atoms with Crippen LogP contribution < -0.4 is 10.6 Å². The molecule has 0 aliphatic heterocycles. The van der Waals surface area contributed by atoms with Crippen molar-refractivity contribution in [2.75, 3.05) is 5.32 Å². The van der Waals surface area contributed by atoms with Crippen molar-refractivity contribution in [3.8, 4) is 5.82 Å². The molecule has 0 bridgehead atoms. The Balaban J connectivity index is 1.78. The SMILES string of the molecule is Cc1cc(C)c(NC(=O)c2cc(Cn3nc(C(F)(F)F)c(C(F)(F)F)n3)nn2-c2ncccc2Cl)c(C(=O)NC(C)(C)C)c1. The maximum Gasteiger partial charge on any atom is 0.437 e. The van der Waals surface area contributed by atoms with Crippen LogP contribution in [0.1, 0.15) is 69.8 Å². The Morgan fingerprint density at radius 2 is 1.52 bits per heavy atom. The topological polar surface area (TPSA) is 120 Å². The number of nitrogens with one attached hydrogen (secondary N) is 2. The van der Waals surface area contributed by atoms with E-state index in [9.17, 15) is 35.9 Å². The Morgan fingerprint density at radius 1 is 0.909 bits per heavy atom. The van der Waals surface area contributed by atoms with Gasteiger partial charge in [0.25, 0.3) is 11.8 Å². The number of alkyl halides is 6. The predicted octanol–water partition coefficient (Wildman–Crippen LogP) is 6.00. The van der Waals surface area contributed by atoms with Crippen molar-refractivity contribution in [3.05, 3.63) is 81.0 Å². The van der Waals surface area contributed by atoms with Crippen LogP contribution >= 0.6 is 11.6 Å². The van der Waals surface area contributed by atoms with E-state index in [2.05, 4.69) is 30.9 Å². The highest BCUT2D eigenvalue weighted by Gasteiger charge is 2.48. The first-order valence-corrected chi connectivity index (χ1v) is 13.2. The minimum absolute atomic E-state index is 0.0314. The van der Waals surface area contributed by atoms with Crippen molar-refractivity contribution in [3.63, 3.8) is 0 Å². The first-order valence-electron chi connectivity index (χ1n) is 12.8. The van der Waals surface area contributed by atoms with Gasteiger partial charge in [0.15, 0.2) is 17.2 Å². The molecule has 0 saturated heterocycles. The lowest BCUT2D eigenvalue weighted by atomic mass is 10.0. The van der Waals surface area contributed by atoms with Crippen LogP contribution in [0.15, 0.2) is 36.5 Å². The molecule has 3 heterocycles. The van der Waals surface area contributed by atoms with Gasteiger partial charge in [0.1, 0.15) is 12.2 Å². The van der Waals surface area contributed by atoms with E-state index in [0.29, 0.717) is 5.56 Å². The smallest absolute Gasteiger partial charge is 0.347 e. The summed E-state index contributed by atoms with van der Waals surface area (Å²) in [4.78, 5) is 31.1. The standard InChI is InChI=1S/C27H25ClF6N8O2/c1-13-9-14(2)19(16(10-13)23(43)37-25(3,4)5)36-24(44)18-11-15(38-42(18)22-17(28)7-6-8-35-22)12-41-39-20(26(29,30)31)21(40-41)27(32,33)34/h6-11H,12H2,1-5H3,(H,36,44)(H,37,43). The molecule has 234 valence electrons. The molecule has 10 nitrogen and oxygen atoms in total. The minimum atomic E-state index is -5.43. The van der Waals surface area contributed by atoms with Gasteiger partial charge in [-0.2, -0.15) is 36.2 Å². The number of aryl methyl sites for hydroxylation is 2. The molecule has 4 aromatic rings. The van der Waals surface area contributed by atoms with Crippen LogP contribution in [-0.2, 0) is 18.9 Å². The van der Waals surface area contributed by atoms with Crippen LogP contribution in [0.3, 0.4) is 0 Å². The lowest BCUT2D eigenvalue weighted by Gasteiger charge is -2.22. The Hall–Kier alpha value is -4.47. The largest absolute Gasteiger partial charge is 0.437 e. The first-order chi connectivity index (χ1) is 20.2. The van der Waals surface area contributed by atoms with E-state index in [1.165, 1.54) is 18.3 Å². The molecule has 44 heavy (non-hydrogen) atoms. The molecular weight excluding hydrogens is 618 g/mol. The predicted molar refractivity (Wildman–Crippen MR) is 147 cm³/mol. The van der Waals surface area contributed by atoms with E-state index in [-0.39, 0.29) is 38.3 Å². The second-order valence-corrected chi connectivity index (χ2v) is 11.2. The highest BCUT2D eigenvalue weighted by molar-refractivity contribution is 6.32. The second-order valence-electron chi connectivity index (χ2n) is 10.8. The number of nitrogens with zero attached hydrogens (tertiary/aromatic N) is 6. The van der Waals surface area contributed by atoms with Gasteiger partial charge in [0, 0.05) is 11.7 Å². The Bertz CT molecular complexity index is 1710. The molecule has 1 aromatic carbocycles. The first kappa shape index (κ1) is 32.4. The van der Waals surface area contributed by atoms with Gasteiger partial charge in [-0.25, -0.2) is 9.67 Å². The monoisotopic (exact) mass is 642 g/mol. The average molecular weight is 643 g/mol. The molecule has 0 aliphatic rings. The molecule has 17 heteroatoms. The molecular formula is C27H25ClF6N8O2. The molecule has 0 unspecified atom stereocenters. The molecule has 0 atom stereocenters. The molecule has 0 fully saturated rings. The fourth-order valence-corrected chi connectivity index (χ4v) is 4.41. The number of hydrogen-bond donors (Lipinski definition) is 2. The molecule has 2 amide bonds. The van der Waals surface area contributed by atoms with Gasteiger partial charge in [0.05, 0.1) is 22.0 Å². The number of carbonyl (C=O) groups is 2. The number of amides is 2. The van der Waals surface area contributed by atoms with Gasteiger partial charge in [-0.05, 0) is 70.0 Å². The van der Waals surface area contributed by atoms with Crippen LogP contribution in [0.4, 0.5) is 32.0 Å². The van der Waals surface area contributed by atoms with Crippen molar-refractivity contribution in [2.45, 2.75) is 59.1 Å². The van der Waals surface area contributed by atoms with Crippen LogP contribution in [0, 0.1) is 13.8 Å². The Labute approximate surface area is 251 Å². The number of halogens is 7. The summed E-state index contributed by atoms with van der Waals surface area (Å²) < 4.78 is 80.6. The third kappa shape index (κ3) is 7.18. The van der Waals surface area contributed by atoms with Gasteiger partial charge >= 0.3 is 12.4 Å². The van der Waals surface area contributed by atoms with E-state index in [0.717, 1.165) is 16.3 Å². The number of pyridine rings is 1. The van der Waals surface area contributed by atoms with Crippen molar-refractivity contribution in [1.82, 2.24) is 35.1 Å². The highest BCUT2D eigenvalue weighted by Crippen LogP contribution is 2.38. The second kappa shape index (κ2) is 11.6. The van der Waals surface area contributed by atoms with Crippen molar-refractivity contribution in [2.24, 2.45) is 0 Å². The van der Waals surface area contributed by atoms with Gasteiger partial charge in [0.2, 0.25) is 0 Å². The zero-order valence-corrected chi connectivity index (χ0v) is 24.6. The van der Waals surface area contributed by atoms with Crippen LogP contribution in [-0.4, -0.2) is 47.1 Å². The average Bonchev–Trinajstić information content (AvgIpc) is 3.50. The van der Waals surface area contributed by atoms with E-state index >= 15 is 0 Å². The number of hydrogen-bond acceptors (Lipinski definition) is 6. The maximum absolute atomic E-state index is 13.7. The third-order valence-corrected chi connectivity index (χ3v) is 6.17. The maximum atomic E-state index is 13.7.